The lowest BCUT2D eigenvalue weighted by Crippen LogP contribution is -2.32. The average molecular weight is 298 g/mol. The topological polar surface area (TPSA) is 32.7 Å². The van der Waals surface area contributed by atoms with Crippen molar-refractivity contribution in [3.8, 4) is 0 Å². The molecular formula is C19H26N2O. The van der Waals surface area contributed by atoms with Crippen LogP contribution in [-0.4, -0.2) is 37.2 Å². The van der Waals surface area contributed by atoms with Crippen LogP contribution in [0.2, 0.25) is 0 Å². The largest absolute Gasteiger partial charge is 0.339 e. The Labute approximate surface area is 133 Å². The highest BCUT2D eigenvalue weighted by molar-refractivity contribution is 5.95. The van der Waals surface area contributed by atoms with Crippen molar-refractivity contribution in [2.24, 2.45) is 10.4 Å². The molecule has 1 aromatic carbocycles. The Hall–Kier alpha value is -1.90. The predicted molar refractivity (Wildman–Crippen MR) is 92.6 cm³/mol. The van der Waals surface area contributed by atoms with Gasteiger partial charge in [0.05, 0.1) is 0 Å². The summed E-state index contributed by atoms with van der Waals surface area (Å²) in [6.45, 7) is 6.04. The highest BCUT2D eigenvalue weighted by atomic mass is 16.2. The third kappa shape index (κ3) is 4.06. The minimum atomic E-state index is 0.143. The lowest BCUT2D eigenvalue weighted by atomic mass is 9.82. The van der Waals surface area contributed by atoms with Crippen molar-refractivity contribution in [1.82, 2.24) is 4.90 Å². The number of hydrogen-bond acceptors (Lipinski definition) is 2. The van der Waals surface area contributed by atoms with Crippen LogP contribution in [0.25, 0.3) is 0 Å². The Balaban J connectivity index is 2.06. The summed E-state index contributed by atoms with van der Waals surface area (Å²) in [6.07, 6.45) is 9.46. The number of carbonyl (C=O) groups is 1. The number of hydrogen-bond donors (Lipinski definition) is 0. The molecule has 22 heavy (non-hydrogen) atoms. The summed E-state index contributed by atoms with van der Waals surface area (Å²) in [4.78, 5) is 18.7. The standard InChI is InChI=1S/C19H26N2O/c1-4-10-19(2)11-5-13-21(14-12-19)18(22)17-8-6-16(7-9-17)15-20-3/h4,6-10,15H,5,11-14H2,1-3H3. The van der Waals surface area contributed by atoms with E-state index in [1.807, 2.05) is 29.2 Å². The first-order valence-corrected chi connectivity index (χ1v) is 8.03. The zero-order valence-electron chi connectivity index (χ0n) is 13.9. The molecule has 1 fully saturated rings. The first kappa shape index (κ1) is 16.5. The molecule has 1 saturated heterocycles. The van der Waals surface area contributed by atoms with Crippen LogP contribution >= 0.6 is 0 Å². The number of nitrogens with zero attached hydrogens (tertiary/aromatic N) is 2. The first-order chi connectivity index (χ1) is 10.6. The van der Waals surface area contributed by atoms with Gasteiger partial charge in [0.25, 0.3) is 5.91 Å². The van der Waals surface area contributed by atoms with Gasteiger partial charge in [0, 0.05) is 31.9 Å². The molecule has 1 unspecified atom stereocenters. The van der Waals surface area contributed by atoms with E-state index in [4.69, 9.17) is 0 Å². The molecule has 0 bridgehead atoms. The van der Waals surface area contributed by atoms with Gasteiger partial charge in [-0.3, -0.25) is 9.79 Å². The second kappa shape index (κ2) is 7.39. The third-order valence-corrected chi connectivity index (χ3v) is 4.42. The van der Waals surface area contributed by atoms with E-state index in [1.165, 1.54) is 0 Å². The van der Waals surface area contributed by atoms with Gasteiger partial charge in [-0.25, -0.2) is 0 Å². The number of rotatable bonds is 3. The van der Waals surface area contributed by atoms with Crippen molar-refractivity contribution >= 4 is 12.1 Å². The van der Waals surface area contributed by atoms with Crippen molar-refractivity contribution < 1.29 is 4.79 Å². The van der Waals surface area contributed by atoms with Crippen LogP contribution in [0.3, 0.4) is 0 Å². The third-order valence-electron chi connectivity index (χ3n) is 4.42. The van der Waals surface area contributed by atoms with E-state index in [1.54, 1.807) is 13.3 Å². The number of allylic oxidation sites excluding steroid dienone is 2. The normalized spacial score (nSPS) is 23.1. The van der Waals surface area contributed by atoms with E-state index in [2.05, 4.69) is 31.0 Å². The van der Waals surface area contributed by atoms with Crippen molar-refractivity contribution in [2.45, 2.75) is 33.1 Å². The van der Waals surface area contributed by atoms with Crippen LogP contribution in [0.15, 0.2) is 41.4 Å². The highest BCUT2D eigenvalue weighted by Crippen LogP contribution is 2.32. The van der Waals surface area contributed by atoms with Crippen molar-refractivity contribution in [2.75, 3.05) is 20.1 Å². The average Bonchev–Trinajstić information content (AvgIpc) is 2.70. The minimum Gasteiger partial charge on any atom is -0.339 e. The molecule has 3 nitrogen and oxygen atoms in total. The van der Waals surface area contributed by atoms with Gasteiger partial charge in [-0.05, 0) is 49.3 Å². The van der Waals surface area contributed by atoms with E-state index in [0.29, 0.717) is 0 Å². The molecule has 118 valence electrons. The van der Waals surface area contributed by atoms with Gasteiger partial charge in [0.2, 0.25) is 0 Å². The molecule has 3 heteroatoms. The number of amides is 1. The fourth-order valence-corrected chi connectivity index (χ4v) is 3.12. The fraction of sp³-hybridized carbons (Fsp3) is 0.474. The van der Waals surface area contributed by atoms with Gasteiger partial charge in [0.1, 0.15) is 0 Å². The monoisotopic (exact) mass is 298 g/mol. The van der Waals surface area contributed by atoms with E-state index < -0.39 is 0 Å². The summed E-state index contributed by atoms with van der Waals surface area (Å²) in [7, 11) is 1.75. The molecule has 0 saturated carbocycles. The summed E-state index contributed by atoms with van der Waals surface area (Å²) in [6, 6.07) is 7.69. The lowest BCUT2D eigenvalue weighted by molar-refractivity contribution is 0.0758. The number of benzene rings is 1. The van der Waals surface area contributed by atoms with Crippen LogP contribution in [0, 0.1) is 5.41 Å². The van der Waals surface area contributed by atoms with E-state index in [0.717, 1.165) is 43.5 Å². The molecule has 0 aliphatic carbocycles. The highest BCUT2D eigenvalue weighted by Gasteiger charge is 2.27. The van der Waals surface area contributed by atoms with Gasteiger partial charge in [-0.2, -0.15) is 0 Å². The molecule has 1 heterocycles. The minimum absolute atomic E-state index is 0.143. The Bertz CT molecular complexity index is 559. The molecule has 0 radical (unpaired) electrons. The van der Waals surface area contributed by atoms with Crippen LogP contribution in [-0.2, 0) is 0 Å². The summed E-state index contributed by atoms with van der Waals surface area (Å²) >= 11 is 0. The summed E-state index contributed by atoms with van der Waals surface area (Å²) in [5.41, 5.74) is 2.02. The zero-order chi connectivity index (χ0) is 16.0. The number of aliphatic imine (C=N–C) groups is 1. The lowest BCUT2D eigenvalue weighted by Gasteiger charge is -2.24. The summed E-state index contributed by atoms with van der Waals surface area (Å²) in [5, 5.41) is 0. The summed E-state index contributed by atoms with van der Waals surface area (Å²) in [5.74, 6) is 0.143. The van der Waals surface area contributed by atoms with E-state index in [-0.39, 0.29) is 11.3 Å². The van der Waals surface area contributed by atoms with Crippen LogP contribution in [0.5, 0.6) is 0 Å². The maximum Gasteiger partial charge on any atom is 0.253 e. The molecule has 1 atom stereocenters. The van der Waals surface area contributed by atoms with E-state index >= 15 is 0 Å². The quantitative estimate of drug-likeness (QED) is 0.614. The molecule has 2 rings (SSSR count). The van der Waals surface area contributed by atoms with Gasteiger partial charge in [-0.1, -0.05) is 31.2 Å². The number of likely N-dealkylation sites (tertiary alicyclic amines) is 1. The van der Waals surface area contributed by atoms with Gasteiger partial charge >= 0.3 is 0 Å². The van der Waals surface area contributed by atoms with Gasteiger partial charge in [-0.15, -0.1) is 0 Å². The van der Waals surface area contributed by atoms with Gasteiger partial charge in [0.15, 0.2) is 0 Å². The maximum atomic E-state index is 12.7. The molecule has 0 aromatic heterocycles. The smallest absolute Gasteiger partial charge is 0.253 e. The molecule has 1 aliphatic heterocycles. The Morgan fingerprint density at radius 3 is 2.59 bits per heavy atom. The molecule has 1 amide bonds. The molecular weight excluding hydrogens is 272 g/mol. The Kier molecular flexibility index (Phi) is 5.53. The Morgan fingerprint density at radius 1 is 1.23 bits per heavy atom. The van der Waals surface area contributed by atoms with Crippen molar-refractivity contribution in [3.63, 3.8) is 0 Å². The van der Waals surface area contributed by atoms with Crippen LogP contribution in [0.1, 0.15) is 49.0 Å². The van der Waals surface area contributed by atoms with Crippen molar-refractivity contribution in [3.05, 3.63) is 47.5 Å². The SMILES string of the molecule is CC=CC1(C)CCCN(C(=O)c2ccc(C=NC)cc2)CC1. The summed E-state index contributed by atoms with van der Waals surface area (Å²) < 4.78 is 0. The van der Waals surface area contributed by atoms with Crippen molar-refractivity contribution in [1.29, 1.82) is 0 Å². The second-order valence-electron chi connectivity index (χ2n) is 6.31. The second-order valence-corrected chi connectivity index (χ2v) is 6.31. The van der Waals surface area contributed by atoms with Gasteiger partial charge < -0.3 is 4.90 Å². The molecule has 1 aliphatic rings. The fourth-order valence-electron chi connectivity index (χ4n) is 3.12. The Morgan fingerprint density at radius 2 is 1.95 bits per heavy atom. The molecule has 1 aromatic rings. The number of carbonyl (C=O) groups excluding carboxylic acids is 1. The predicted octanol–water partition coefficient (Wildman–Crippen LogP) is 3.94. The molecule has 0 N–H and O–H groups in total. The maximum absolute atomic E-state index is 12.7. The molecule has 0 spiro atoms. The van der Waals surface area contributed by atoms with Crippen LogP contribution < -0.4 is 0 Å². The first-order valence-electron chi connectivity index (χ1n) is 8.03. The zero-order valence-corrected chi connectivity index (χ0v) is 13.9. The van der Waals surface area contributed by atoms with E-state index in [9.17, 15) is 4.79 Å². The van der Waals surface area contributed by atoms with Crippen LogP contribution in [0.4, 0.5) is 0 Å².